The van der Waals surface area contributed by atoms with Crippen molar-refractivity contribution in [3.05, 3.63) is 113 Å². The van der Waals surface area contributed by atoms with Gasteiger partial charge >= 0.3 is 0 Å². The van der Waals surface area contributed by atoms with E-state index in [0.29, 0.717) is 23.7 Å². The molecule has 0 aliphatic carbocycles. The molecule has 1 fully saturated rings. The van der Waals surface area contributed by atoms with Gasteiger partial charge in [-0.1, -0.05) is 48.6 Å². The van der Waals surface area contributed by atoms with E-state index in [1.54, 1.807) is 17.1 Å². The van der Waals surface area contributed by atoms with Gasteiger partial charge in [0, 0.05) is 31.4 Å². The third kappa shape index (κ3) is 9.79. The SMILES string of the molecule is C=C(C)/N=C(\C=C/C)C(/NC1CCN(CCCNC[C@](O)(Cn2cncn2)c2ccc(F)cc2C)CC1)=C(/C)c1ccc(C)cc1. The van der Waals surface area contributed by atoms with E-state index in [9.17, 15) is 9.50 Å². The third-order valence-electron chi connectivity index (χ3n) is 8.51. The quantitative estimate of drug-likeness (QED) is 0.143. The van der Waals surface area contributed by atoms with Crippen molar-refractivity contribution >= 4 is 11.3 Å². The van der Waals surface area contributed by atoms with Gasteiger partial charge in [0.25, 0.3) is 0 Å². The standard InChI is InChI=1S/C37H50FN7O/c1-7-9-35(42-27(2)3)36(30(6)31-12-10-28(4)11-13-31)43-33-16-20-44(21-17-33)19-8-18-39-23-37(46,24-45-26-40-25-41-45)34-15-14-32(38)22-29(34)5/h7,9-15,22,25-26,33,39,43,46H,2,8,16-21,23-24H2,1,3-6H3/b9-7-,36-30+,42-35+/t37-/m0/s1. The summed E-state index contributed by atoms with van der Waals surface area (Å²) >= 11 is 0. The number of likely N-dealkylation sites (tertiary alicyclic amines) is 1. The number of rotatable bonds is 15. The van der Waals surface area contributed by atoms with Gasteiger partial charge in [-0.15, -0.1) is 0 Å². The predicted octanol–water partition coefficient (Wildman–Crippen LogP) is 5.94. The van der Waals surface area contributed by atoms with E-state index < -0.39 is 5.60 Å². The number of aliphatic imine (C=N–C) groups is 1. The van der Waals surface area contributed by atoms with Crippen LogP contribution in [0.15, 0.2) is 90.2 Å². The van der Waals surface area contributed by atoms with Crippen LogP contribution in [0.1, 0.15) is 62.3 Å². The van der Waals surface area contributed by atoms with E-state index in [-0.39, 0.29) is 12.4 Å². The fourth-order valence-corrected chi connectivity index (χ4v) is 6.06. The van der Waals surface area contributed by atoms with Crippen LogP contribution in [0.25, 0.3) is 5.57 Å². The molecule has 3 aromatic rings. The Balaban J connectivity index is 1.32. The lowest BCUT2D eigenvalue weighted by molar-refractivity contribution is 0.0147. The summed E-state index contributed by atoms with van der Waals surface area (Å²) in [6, 6.07) is 13.5. The molecule has 9 heteroatoms. The Hall–Kier alpha value is -3.92. The molecule has 0 bridgehead atoms. The first-order valence-electron chi connectivity index (χ1n) is 16.2. The first kappa shape index (κ1) is 34.9. The molecule has 0 unspecified atom stereocenters. The van der Waals surface area contributed by atoms with Gasteiger partial charge in [0.2, 0.25) is 0 Å². The second-order valence-corrected chi connectivity index (χ2v) is 12.5. The molecule has 1 saturated heterocycles. The minimum Gasteiger partial charge on any atom is -0.382 e. The summed E-state index contributed by atoms with van der Waals surface area (Å²) in [4.78, 5) is 11.3. The molecule has 0 saturated carbocycles. The first-order valence-corrected chi connectivity index (χ1v) is 16.2. The minimum absolute atomic E-state index is 0.222. The summed E-state index contributed by atoms with van der Waals surface area (Å²) in [6.07, 6.45) is 10.1. The topological polar surface area (TPSA) is 90.6 Å². The van der Waals surface area contributed by atoms with Crippen LogP contribution in [-0.4, -0.2) is 69.2 Å². The van der Waals surface area contributed by atoms with Crippen LogP contribution >= 0.6 is 0 Å². The second kappa shape index (κ2) is 16.6. The molecule has 1 aliphatic heterocycles. The van der Waals surface area contributed by atoms with Crippen molar-refractivity contribution in [2.45, 2.75) is 72.1 Å². The summed E-state index contributed by atoms with van der Waals surface area (Å²) in [6.45, 7) is 18.4. The largest absolute Gasteiger partial charge is 0.382 e. The van der Waals surface area contributed by atoms with E-state index in [4.69, 9.17) is 4.99 Å². The number of nitrogens with one attached hydrogen (secondary N) is 2. The fourth-order valence-electron chi connectivity index (χ4n) is 6.06. The van der Waals surface area contributed by atoms with E-state index in [2.05, 4.69) is 76.4 Å². The molecule has 1 aliphatic rings. The lowest BCUT2D eigenvalue weighted by Gasteiger charge is -2.34. The van der Waals surface area contributed by atoms with Crippen LogP contribution in [0.3, 0.4) is 0 Å². The lowest BCUT2D eigenvalue weighted by Crippen LogP contribution is -2.45. The maximum Gasteiger partial charge on any atom is 0.137 e. The number of nitrogens with zero attached hydrogens (tertiary/aromatic N) is 5. The van der Waals surface area contributed by atoms with E-state index >= 15 is 0 Å². The molecule has 1 atom stereocenters. The van der Waals surface area contributed by atoms with Crippen molar-refractivity contribution in [3.63, 3.8) is 0 Å². The maximum absolute atomic E-state index is 13.8. The van der Waals surface area contributed by atoms with Crippen LogP contribution in [0.4, 0.5) is 4.39 Å². The molecule has 2 aromatic carbocycles. The fraction of sp³-hybridized carbons (Fsp3) is 0.432. The van der Waals surface area contributed by atoms with Gasteiger partial charge in [-0.3, -0.25) is 4.99 Å². The molecule has 0 amide bonds. The number of aromatic nitrogens is 3. The Morgan fingerprint density at radius 2 is 1.89 bits per heavy atom. The van der Waals surface area contributed by atoms with Crippen molar-refractivity contribution in [1.29, 1.82) is 0 Å². The summed E-state index contributed by atoms with van der Waals surface area (Å²) in [5.41, 5.74) is 6.46. The van der Waals surface area contributed by atoms with Gasteiger partial charge in [-0.25, -0.2) is 14.1 Å². The molecule has 0 spiro atoms. The zero-order chi connectivity index (χ0) is 33.1. The van der Waals surface area contributed by atoms with Crippen LogP contribution in [0.2, 0.25) is 0 Å². The summed E-state index contributed by atoms with van der Waals surface area (Å²) in [5.74, 6) is -0.317. The summed E-state index contributed by atoms with van der Waals surface area (Å²) in [5, 5.41) is 23.2. The van der Waals surface area contributed by atoms with Crippen molar-refractivity contribution in [2.75, 3.05) is 32.7 Å². The smallest absolute Gasteiger partial charge is 0.137 e. The van der Waals surface area contributed by atoms with Gasteiger partial charge in [0.1, 0.15) is 24.1 Å². The number of aliphatic hydroxyl groups is 1. The lowest BCUT2D eigenvalue weighted by atomic mass is 9.89. The average molecular weight is 628 g/mol. The first-order chi connectivity index (χ1) is 22.1. The van der Waals surface area contributed by atoms with E-state index in [0.717, 1.165) is 62.5 Å². The maximum atomic E-state index is 13.8. The highest BCUT2D eigenvalue weighted by Gasteiger charge is 2.32. The molecule has 3 N–H and O–H groups in total. The van der Waals surface area contributed by atoms with Gasteiger partial charge in [0.15, 0.2) is 0 Å². The predicted molar refractivity (Wildman–Crippen MR) is 186 cm³/mol. The van der Waals surface area contributed by atoms with Crippen LogP contribution in [-0.2, 0) is 12.1 Å². The molecular weight excluding hydrogens is 577 g/mol. The highest BCUT2D eigenvalue weighted by Crippen LogP contribution is 2.27. The van der Waals surface area contributed by atoms with Gasteiger partial charge in [-0.2, -0.15) is 5.10 Å². The number of benzene rings is 2. The molecule has 1 aromatic heterocycles. The Morgan fingerprint density at radius 3 is 2.52 bits per heavy atom. The number of allylic oxidation sites excluding steroid dienone is 4. The monoisotopic (exact) mass is 627 g/mol. The van der Waals surface area contributed by atoms with Crippen molar-refractivity contribution in [1.82, 2.24) is 30.3 Å². The zero-order valence-electron chi connectivity index (χ0n) is 28.1. The normalized spacial score (nSPS) is 16.8. The van der Waals surface area contributed by atoms with E-state index in [1.807, 2.05) is 26.8 Å². The van der Waals surface area contributed by atoms with Crippen molar-refractivity contribution in [3.8, 4) is 0 Å². The van der Waals surface area contributed by atoms with Crippen LogP contribution < -0.4 is 10.6 Å². The molecule has 4 rings (SSSR count). The number of hydrogen-bond acceptors (Lipinski definition) is 7. The van der Waals surface area contributed by atoms with Crippen LogP contribution in [0, 0.1) is 19.7 Å². The third-order valence-corrected chi connectivity index (χ3v) is 8.51. The Labute approximate surface area is 273 Å². The molecule has 8 nitrogen and oxygen atoms in total. The number of halogens is 1. The highest BCUT2D eigenvalue weighted by molar-refractivity contribution is 6.12. The number of hydrogen-bond donors (Lipinski definition) is 3. The molecular formula is C37H50FN7O. The Bertz CT molecular complexity index is 1520. The molecule has 46 heavy (non-hydrogen) atoms. The summed E-state index contributed by atoms with van der Waals surface area (Å²) < 4.78 is 15.4. The Morgan fingerprint density at radius 1 is 1.15 bits per heavy atom. The Kier molecular flexibility index (Phi) is 12.6. The highest BCUT2D eigenvalue weighted by atomic mass is 19.1. The van der Waals surface area contributed by atoms with E-state index in [1.165, 1.54) is 35.2 Å². The van der Waals surface area contributed by atoms with Gasteiger partial charge in [-0.05, 0) is 107 Å². The van der Waals surface area contributed by atoms with Gasteiger partial charge in [0.05, 0.1) is 18.0 Å². The average Bonchev–Trinajstić information content (AvgIpc) is 3.52. The molecule has 2 heterocycles. The summed E-state index contributed by atoms with van der Waals surface area (Å²) in [7, 11) is 0. The zero-order valence-corrected chi connectivity index (χ0v) is 28.1. The molecule has 0 radical (unpaired) electrons. The van der Waals surface area contributed by atoms with Gasteiger partial charge < -0.3 is 20.6 Å². The van der Waals surface area contributed by atoms with Crippen LogP contribution in [0.5, 0.6) is 0 Å². The van der Waals surface area contributed by atoms with Crippen molar-refractivity contribution in [2.24, 2.45) is 4.99 Å². The molecule has 246 valence electrons. The number of piperidine rings is 1. The van der Waals surface area contributed by atoms with Crippen molar-refractivity contribution < 1.29 is 9.50 Å². The number of aryl methyl sites for hydroxylation is 2. The second-order valence-electron chi connectivity index (χ2n) is 12.5. The minimum atomic E-state index is -1.25.